The van der Waals surface area contributed by atoms with Crippen LogP contribution in [0.25, 0.3) is 0 Å². The van der Waals surface area contributed by atoms with Gasteiger partial charge in [0.25, 0.3) is 0 Å². The molecular weight excluding hydrogens is 358 g/mol. The Bertz CT molecular complexity index is 861. The van der Waals surface area contributed by atoms with Gasteiger partial charge in [-0.1, -0.05) is 6.07 Å². The molecule has 0 amide bonds. The number of hydrogen-bond acceptors (Lipinski definition) is 6. The van der Waals surface area contributed by atoms with E-state index in [0.29, 0.717) is 24.8 Å². The predicted molar refractivity (Wildman–Crippen MR) is 104 cm³/mol. The van der Waals surface area contributed by atoms with Gasteiger partial charge in [-0.15, -0.1) is 11.3 Å². The first-order chi connectivity index (χ1) is 13.3. The molecule has 4 fully saturated rings. The van der Waals surface area contributed by atoms with Gasteiger partial charge in [0.05, 0.1) is 10.7 Å². The number of thiazole rings is 1. The standard InChI is InChI=1S/C21H25N3O2S/c1-13-22-16(11-27-13)9-24-10-17(15-2-3-18-19(8-15)26-12-25-18)21-20(24)14-4-6-23(21)7-5-14/h2-3,8,11,14,17,20-21H,4-7,9-10,12H2,1H3/t17-,20+,21+/m0/s1. The molecule has 0 spiro atoms. The third-order valence-electron chi connectivity index (χ3n) is 6.95. The van der Waals surface area contributed by atoms with Gasteiger partial charge in [0.15, 0.2) is 11.5 Å². The van der Waals surface area contributed by atoms with Gasteiger partial charge in [0, 0.05) is 36.5 Å². The van der Waals surface area contributed by atoms with Crippen LogP contribution in [0.3, 0.4) is 0 Å². The fourth-order valence-corrected chi connectivity index (χ4v) is 6.45. The summed E-state index contributed by atoms with van der Waals surface area (Å²) in [6.45, 7) is 7.06. The van der Waals surface area contributed by atoms with Crippen molar-refractivity contribution in [3.63, 3.8) is 0 Å². The number of hydrogen-bond donors (Lipinski definition) is 0. The van der Waals surface area contributed by atoms with Crippen LogP contribution in [0.4, 0.5) is 0 Å². The lowest BCUT2D eigenvalue weighted by Crippen LogP contribution is -2.59. The minimum atomic E-state index is 0.346. The zero-order chi connectivity index (χ0) is 18.0. The fourth-order valence-electron chi connectivity index (χ4n) is 5.85. The highest BCUT2D eigenvalue weighted by Crippen LogP contribution is 2.48. The second kappa shape index (κ2) is 6.19. The summed E-state index contributed by atoms with van der Waals surface area (Å²) >= 11 is 1.76. The van der Waals surface area contributed by atoms with Crippen LogP contribution in [0.15, 0.2) is 23.6 Å². The molecule has 0 saturated carbocycles. The Morgan fingerprint density at radius 1 is 1.15 bits per heavy atom. The summed E-state index contributed by atoms with van der Waals surface area (Å²) in [5, 5.41) is 3.40. The minimum absolute atomic E-state index is 0.346. The summed E-state index contributed by atoms with van der Waals surface area (Å²) in [6, 6.07) is 7.86. The number of nitrogens with zero attached hydrogens (tertiary/aromatic N) is 3. The Balaban J connectivity index is 1.34. The molecule has 1 aromatic heterocycles. The van der Waals surface area contributed by atoms with E-state index in [9.17, 15) is 0 Å². The SMILES string of the molecule is Cc1nc(CN2C[C@@H](c3ccc4c(c3)OCO4)[C@@H]3[C@H]2C2CCN3CC2)cs1. The largest absolute Gasteiger partial charge is 0.454 e. The predicted octanol–water partition coefficient (Wildman–Crippen LogP) is 3.24. The first-order valence-electron chi connectivity index (χ1n) is 10.0. The van der Waals surface area contributed by atoms with Crippen LogP contribution >= 0.6 is 11.3 Å². The average molecular weight is 384 g/mol. The maximum Gasteiger partial charge on any atom is 0.231 e. The molecule has 0 aliphatic carbocycles. The number of fused-ring (bicyclic) bond motifs is 3. The number of benzene rings is 1. The average Bonchev–Trinajstić information content (AvgIpc) is 3.42. The number of likely N-dealkylation sites (tertiary alicyclic amines) is 1. The van der Waals surface area contributed by atoms with E-state index in [1.165, 1.54) is 42.2 Å². The lowest BCUT2D eigenvalue weighted by Gasteiger charge is -2.51. The lowest BCUT2D eigenvalue weighted by molar-refractivity contribution is -0.00895. The van der Waals surface area contributed by atoms with Gasteiger partial charge in [-0.05, 0) is 56.5 Å². The smallest absolute Gasteiger partial charge is 0.231 e. The van der Waals surface area contributed by atoms with Gasteiger partial charge in [-0.3, -0.25) is 9.80 Å². The number of rotatable bonds is 3. The van der Waals surface area contributed by atoms with Crippen molar-refractivity contribution < 1.29 is 9.47 Å². The van der Waals surface area contributed by atoms with E-state index in [1.807, 2.05) is 0 Å². The van der Waals surface area contributed by atoms with E-state index in [2.05, 4.69) is 40.3 Å². The third-order valence-corrected chi connectivity index (χ3v) is 7.77. The van der Waals surface area contributed by atoms with Crippen molar-refractivity contribution in [1.29, 1.82) is 0 Å². The molecule has 27 heavy (non-hydrogen) atoms. The fraction of sp³-hybridized carbons (Fsp3) is 0.571. The second-order valence-electron chi connectivity index (χ2n) is 8.36. The van der Waals surface area contributed by atoms with E-state index in [-0.39, 0.29) is 0 Å². The van der Waals surface area contributed by atoms with Gasteiger partial charge >= 0.3 is 0 Å². The van der Waals surface area contributed by atoms with E-state index in [4.69, 9.17) is 14.5 Å². The van der Waals surface area contributed by atoms with E-state index >= 15 is 0 Å². The number of aryl methyl sites for hydroxylation is 1. The van der Waals surface area contributed by atoms with Gasteiger partial charge in [-0.2, -0.15) is 0 Å². The Morgan fingerprint density at radius 2 is 2.00 bits per heavy atom. The van der Waals surface area contributed by atoms with E-state index in [0.717, 1.165) is 30.5 Å². The zero-order valence-electron chi connectivity index (χ0n) is 15.6. The molecule has 6 heteroatoms. The van der Waals surface area contributed by atoms with E-state index in [1.54, 1.807) is 11.3 Å². The Labute approximate surface area is 163 Å². The van der Waals surface area contributed by atoms with Crippen LogP contribution in [-0.2, 0) is 6.54 Å². The molecule has 7 rings (SSSR count). The van der Waals surface area contributed by atoms with Crippen LogP contribution in [0.2, 0.25) is 0 Å². The molecule has 3 atom stereocenters. The number of ether oxygens (including phenoxy) is 2. The van der Waals surface area contributed by atoms with Crippen molar-refractivity contribution in [3.8, 4) is 11.5 Å². The topological polar surface area (TPSA) is 37.8 Å². The highest BCUT2D eigenvalue weighted by Gasteiger charge is 2.53. The zero-order valence-corrected chi connectivity index (χ0v) is 16.5. The molecule has 2 aromatic rings. The van der Waals surface area contributed by atoms with Crippen molar-refractivity contribution >= 4 is 11.3 Å². The molecule has 142 valence electrons. The Morgan fingerprint density at radius 3 is 2.81 bits per heavy atom. The van der Waals surface area contributed by atoms with Crippen LogP contribution in [-0.4, -0.2) is 53.3 Å². The minimum Gasteiger partial charge on any atom is -0.454 e. The highest BCUT2D eigenvalue weighted by atomic mass is 32.1. The van der Waals surface area contributed by atoms with Crippen LogP contribution < -0.4 is 9.47 Å². The maximum absolute atomic E-state index is 5.66. The molecule has 0 unspecified atom stereocenters. The van der Waals surface area contributed by atoms with Gasteiger partial charge < -0.3 is 9.47 Å². The molecule has 6 heterocycles. The monoisotopic (exact) mass is 383 g/mol. The summed E-state index contributed by atoms with van der Waals surface area (Å²) < 4.78 is 11.2. The summed E-state index contributed by atoms with van der Waals surface area (Å²) in [7, 11) is 0. The van der Waals surface area contributed by atoms with Crippen LogP contribution in [0.1, 0.15) is 35.0 Å². The lowest BCUT2D eigenvalue weighted by atomic mass is 9.75. The Hall–Kier alpha value is -1.63. The summed E-state index contributed by atoms with van der Waals surface area (Å²) in [6.07, 6.45) is 2.70. The molecule has 2 bridgehead atoms. The first-order valence-corrected chi connectivity index (χ1v) is 10.9. The molecule has 1 aromatic carbocycles. The van der Waals surface area contributed by atoms with Crippen molar-refractivity contribution in [2.45, 2.75) is 44.3 Å². The number of aromatic nitrogens is 1. The first kappa shape index (κ1) is 16.3. The Kier molecular flexibility index (Phi) is 3.75. The second-order valence-corrected chi connectivity index (χ2v) is 9.42. The summed E-state index contributed by atoms with van der Waals surface area (Å²) in [4.78, 5) is 10.2. The molecule has 0 N–H and O–H groups in total. The molecule has 5 aliphatic rings. The van der Waals surface area contributed by atoms with Crippen LogP contribution in [0.5, 0.6) is 11.5 Å². The normalized spacial score (nSPS) is 34.2. The highest BCUT2D eigenvalue weighted by molar-refractivity contribution is 7.09. The van der Waals surface area contributed by atoms with Gasteiger partial charge in [0.2, 0.25) is 6.79 Å². The van der Waals surface area contributed by atoms with Crippen molar-refractivity contribution in [2.75, 3.05) is 26.4 Å². The molecule has 4 saturated heterocycles. The molecular formula is C21H25N3O2S. The maximum atomic E-state index is 5.66. The summed E-state index contributed by atoms with van der Waals surface area (Å²) in [5.41, 5.74) is 2.64. The quantitative estimate of drug-likeness (QED) is 0.813. The third kappa shape index (κ3) is 2.61. The molecule has 5 aliphatic heterocycles. The number of piperidine rings is 3. The van der Waals surface area contributed by atoms with Crippen molar-refractivity contribution in [2.24, 2.45) is 5.92 Å². The van der Waals surface area contributed by atoms with Gasteiger partial charge in [-0.25, -0.2) is 4.98 Å². The summed E-state index contributed by atoms with van der Waals surface area (Å²) in [5.74, 6) is 3.16. The molecule has 5 nitrogen and oxygen atoms in total. The van der Waals surface area contributed by atoms with Crippen molar-refractivity contribution in [3.05, 3.63) is 39.8 Å². The van der Waals surface area contributed by atoms with Gasteiger partial charge in [0.1, 0.15) is 0 Å². The van der Waals surface area contributed by atoms with Crippen LogP contribution in [0, 0.1) is 12.8 Å². The molecule has 0 radical (unpaired) electrons. The van der Waals surface area contributed by atoms with E-state index < -0.39 is 0 Å². The van der Waals surface area contributed by atoms with Crippen molar-refractivity contribution in [1.82, 2.24) is 14.8 Å².